The van der Waals surface area contributed by atoms with Gasteiger partial charge in [0.15, 0.2) is 0 Å². The number of rotatable bonds is 2. The second-order valence-corrected chi connectivity index (χ2v) is 5.89. The molecule has 2 nitrogen and oxygen atoms in total. The van der Waals surface area contributed by atoms with E-state index in [4.69, 9.17) is 4.42 Å². The zero-order valence-corrected chi connectivity index (χ0v) is 12.4. The van der Waals surface area contributed by atoms with Gasteiger partial charge in [-0.2, -0.15) is 0 Å². The quantitative estimate of drug-likeness (QED) is 0.530. The molecular formula is C17H15O2P. The van der Waals surface area contributed by atoms with Crippen LogP contribution in [0.2, 0.25) is 0 Å². The van der Waals surface area contributed by atoms with Crippen LogP contribution in [-0.4, -0.2) is 6.66 Å². The maximum absolute atomic E-state index is 12.1. The second kappa shape index (κ2) is 5.22. The number of hydrogen-bond donors (Lipinski definition) is 0. The van der Waals surface area contributed by atoms with Gasteiger partial charge in [-0.1, -0.05) is 44.5 Å². The lowest BCUT2D eigenvalue weighted by atomic mass is 10.0. The average Bonchev–Trinajstić information content (AvgIpc) is 2.47. The summed E-state index contributed by atoms with van der Waals surface area (Å²) in [5, 5.41) is 2.24. The van der Waals surface area contributed by atoms with Crippen molar-refractivity contribution in [2.75, 3.05) is 6.66 Å². The van der Waals surface area contributed by atoms with Gasteiger partial charge in [0.05, 0.1) is 5.56 Å². The third-order valence-electron chi connectivity index (χ3n) is 3.38. The van der Waals surface area contributed by atoms with Crippen LogP contribution in [0.5, 0.6) is 0 Å². The average molecular weight is 282 g/mol. The molecule has 0 saturated heterocycles. The molecule has 0 radical (unpaired) electrons. The predicted octanol–water partition coefficient (Wildman–Crippen LogP) is 3.70. The first kappa shape index (κ1) is 13.1. The first-order valence-electron chi connectivity index (χ1n) is 6.50. The van der Waals surface area contributed by atoms with Crippen LogP contribution in [-0.2, 0) is 0 Å². The Morgan fingerprint density at radius 1 is 1.00 bits per heavy atom. The molecule has 1 aromatic heterocycles. The van der Waals surface area contributed by atoms with Crippen molar-refractivity contribution in [2.24, 2.45) is 0 Å². The normalized spacial score (nSPS) is 11.5. The monoisotopic (exact) mass is 282 g/mol. The molecule has 100 valence electrons. The van der Waals surface area contributed by atoms with Crippen molar-refractivity contribution < 1.29 is 4.42 Å². The molecule has 3 aromatic rings. The SMILES string of the molecule is CPc1ccc2oc(=O)c(-c3ccc(C)cc3)cc2c1. The minimum absolute atomic E-state index is 0.284. The molecule has 1 unspecified atom stereocenters. The summed E-state index contributed by atoms with van der Waals surface area (Å²) >= 11 is 0. The predicted molar refractivity (Wildman–Crippen MR) is 86.5 cm³/mol. The van der Waals surface area contributed by atoms with Gasteiger partial charge in [0.25, 0.3) is 0 Å². The largest absolute Gasteiger partial charge is 0.422 e. The van der Waals surface area contributed by atoms with Crippen LogP contribution in [0.15, 0.2) is 57.7 Å². The zero-order chi connectivity index (χ0) is 14.1. The van der Waals surface area contributed by atoms with Crippen LogP contribution in [0.1, 0.15) is 5.56 Å². The van der Waals surface area contributed by atoms with Crippen molar-refractivity contribution in [1.82, 2.24) is 0 Å². The van der Waals surface area contributed by atoms with E-state index in [-0.39, 0.29) is 5.63 Å². The molecule has 0 bridgehead atoms. The summed E-state index contributed by atoms with van der Waals surface area (Å²) in [6.45, 7) is 4.17. The molecule has 0 fully saturated rings. The molecule has 0 aliphatic rings. The van der Waals surface area contributed by atoms with Gasteiger partial charge in [-0.25, -0.2) is 4.79 Å². The van der Waals surface area contributed by atoms with E-state index in [9.17, 15) is 4.79 Å². The molecule has 0 saturated carbocycles. The van der Waals surface area contributed by atoms with Crippen LogP contribution in [0.25, 0.3) is 22.1 Å². The van der Waals surface area contributed by atoms with Crippen LogP contribution < -0.4 is 10.9 Å². The Bertz CT molecular complexity index is 817. The highest BCUT2D eigenvalue weighted by molar-refractivity contribution is 7.46. The fourth-order valence-electron chi connectivity index (χ4n) is 2.21. The van der Waals surface area contributed by atoms with Crippen molar-refractivity contribution in [3.05, 3.63) is 64.5 Å². The van der Waals surface area contributed by atoms with E-state index in [1.165, 1.54) is 10.9 Å². The summed E-state index contributed by atoms with van der Waals surface area (Å²) in [5.41, 5.74) is 3.05. The van der Waals surface area contributed by atoms with E-state index in [0.717, 1.165) is 19.5 Å². The van der Waals surface area contributed by atoms with Gasteiger partial charge in [-0.3, -0.25) is 0 Å². The van der Waals surface area contributed by atoms with E-state index >= 15 is 0 Å². The molecule has 0 spiro atoms. The minimum atomic E-state index is -0.284. The Balaban J connectivity index is 2.22. The standard InChI is InChI=1S/C17H15O2P/c1-11-3-5-12(6-4-11)15-10-13-9-14(20-2)7-8-16(13)19-17(15)18/h3-10,20H,1-2H3. The Kier molecular flexibility index (Phi) is 3.42. The summed E-state index contributed by atoms with van der Waals surface area (Å²) in [6, 6.07) is 15.8. The Labute approximate surface area is 119 Å². The fraction of sp³-hybridized carbons (Fsp3) is 0.118. The van der Waals surface area contributed by atoms with Crippen molar-refractivity contribution in [2.45, 2.75) is 6.92 Å². The van der Waals surface area contributed by atoms with E-state index in [2.05, 4.69) is 12.7 Å². The van der Waals surface area contributed by atoms with Gasteiger partial charge in [-0.05, 0) is 42.7 Å². The molecule has 1 atom stereocenters. The molecule has 3 rings (SSSR count). The number of hydrogen-bond acceptors (Lipinski definition) is 2. The minimum Gasteiger partial charge on any atom is -0.422 e. The second-order valence-electron chi connectivity index (χ2n) is 4.82. The van der Waals surface area contributed by atoms with Gasteiger partial charge in [0, 0.05) is 5.39 Å². The maximum atomic E-state index is 12.1. The highest BCUT2D eigenvalue weighted by Gasteiger charge is 2.08. The van der Waals surface area contributed by atoms with Crippen molar-refractivity contribution in [1.29, 1.82) is 0 Å². The first-order valence-corrected chi connectivity index (χ1v) is 8.00. The molecule has 3 heteroatoms. The molecule has 0 N–H and O–H groups in total. The molecule has 2 aromatic carbocycles. The molecule has 0 aliphatic heterocycles. The van der Waals surface area contributed by atoms with Gasteiger partial charge < -0.3 is 4.42 Å². The number of benzene rings is 2. The summed E-state index contributed by atoms with van der Waals surface area (Å²) < 4.78 is 5.42. The summed E-state index contributed by atoms with van der Waals surface area (Å²) in [7, 11) is 0.732. The lowest BCUT2D eigenvalue weighted by molar-refractivity contribution is 0.563. The summed E-state index contributed by atoms with van der Waals surface area (Å²) in [4.78, 5) is 12.1. The summed E-state index contributed by atoms with van der Waals surface area (Å²) in [6.07, 6.45) is 0. The van der Waals surface area contributed by atoms with E-state index < -0.39 is 0 Å². The maximum Gasteiger partial charge on any atom is 0.344 e. The fourth-order valence-corrected chi connectivity index (χ4v) is 2.76. The Morgan fingerprint density at radius 2 is 1.75 bits per heavy atom. The van der Waals surface area contributed by atoms with Crippen LogP contribution in [0.3, 0.4) is 0 Å². The smallest absolute Gasteiger partial charge is 0.344 e. The van der Waals surface area contributed by atoms with Gasteiger partial charge >= 0.3 is 5.63 Å². The van der Waals surface area contributed by atoms with Crippen LogP contribution >= 0.6 is 8.58 Å². The first-order chi connectivity index (χ1) is 9.67. The lowest BCUT2D eigenvalue weighted by Gasteiger charge is -2.04. The van der Waals surface area contributed by atoms with Gasteiger partial charge in [0.2, 0.25) is 0 Å². The third-order valence-corrected chi connectivity index (χ3v) is 4.27. The van der Waals surface area contributed by atoms with Gasteiger partial charge in [0.1, 0.15) is 5.58 Å². The Hall–Kier alpha value is -1.92. The van der Waals surface area contributed by atoms with Crippen molar-refractivity contribution in [3.63, 3.8) is 0 Å². The molecule has 0 aliphatic carbocycles. The molecular weight excluding hydrogens is 267 g/mol. The lowest BCUT2D eigenvalue weighted by Crippen LogP contribution is -2.03. The van der Waals surface area contributed by atoms with Gasteiger partial charge in [-0.15, -0.1) is 0 Å². The molecule has 0 amide bonds. The number of fused-ring (bicyclic) bond motifs is 1. The van der Waals surface area contributed by atoms with E-state index in [1.807, 2.05) is 49.4 Å². The molecule has 20 heavy (non-hydrogen) atoms. The summed E-state index contributed by atoms with van der Waals surface area (Å²) in [5.74, 6) is 0. The van der Waals surface area contributed by atoms with Crippen LogP contribution in [0.4, 0.5) is 0 Å². The van der Waals surface area contributed by atoms with Crippen molar-refractivity contribution >= 4 is 24.9 Å². The highest BCUT2D eigenvalue weighted by atomic mass is 31.1. The van der Waals surface area contributed by atoms with Crippen molar-refractivity contribution in [3.8, 4) is 11.1 Å². The van der Waals surface area contributed by atoms with Crippen LogP contribution in [0, 0.1) is 6.92 Å². The third kappa shape index (κ3) is 2.39. The Morgan fingerprint density at radius 3 is 2.45 bits per heavy atom. The topological polar surface area (TPSA) is 30.2 Å². The molecule has 1 heterocycles. The van der Waals surface area contributed by atoms with E-state index in [0.29, 0.717) is 11.1 Å². The number of aryl methyl sites for hydroxylation is 1. The van der Waals surface area contributed by atoms with E-state index in [1.54, 1.807) is 0 Å². The zero-order valence-electron chi connectivity index (χ0n) is 11.4. The highest BCUT2D eigenvalue weighted by Crippen LogP contribution is 2.22.